The summed E-state index contributed by atoms with van der Waals surface area (Å²) in [5, 5.41) is 8.39. The number of hydrogen-bond acceptors (Lipinski definition) is 10. The molecule has 0 bridgehead atoms. The summed E-state index contributed by atoms with van der Waals surface area (Å²) in [6, 6.07) is 8.75. The molecule has 10 heteroatoms. The Morgan fingerprint density at radius 3 is 2.88 bits per heavy atom. The van der Waals surface area contributed by atoms with Gasteiger partial charge in [-0.1, -0.05) is 10.3 Å². The predicted octanol–water partition coefficient (Wildman–Crippen LogP) is 4.03. The number of nitrogens with zero attached hydrogens (tertiary/aromatic N) is 5. The van der Waals surface area contributed by atoms with Crippen molar-refractivity contribution >= 4 is 17.1 Å². The Morgan fingerprint density at radius 1 is 1.12 bits per heavy atom. The molecule has 5 aromatic rings. The fourth-order valence-electron chi connectivity index (χ4n) is 3.24. The molecule has 5 rings (SSSR count). The van der Waals surface area contributed by atoms with E-state index in [-0.39, 0.29) is 12.3 Å². The van der Waals surface area contributed by atoms with E-state index >= 15 is 0 Å². The summed E-state index contributed by atoms with van der Waals surface area (Å²) in [6.07, 6.45) is 5.85. The maximum Gasteiger partial charge on any atom is 0.339 e. The second-order valence-electron chi connectivity index (χ2n) is 6.97. The maximum atomic E-state index is 12.8. The largest absolute Gasteiger partial charge is 0.463 e. The molecule has 0 unspecified atom stereocenters. The van der Waals surface area contributed by atoms with Gasteiger partial charge in [0.15, 0.2) is 5.76 Å². The van der Waals surface area contributed by atoms with Crippen LogP contribution >= 0.6 is 0 Å². The lowest BCUT2D eigenvalue weighted by atomic mass is 10.1. The van der Waals surface area contributed by atoms with Gasteiger partial charge in [-0.2, -0.15) is 4.98 Å². The van der Waals surface area contributed by atoms with Gasteiger partial charge in [-0.25, -0.2) is 9.78 Å². The van der Waals surface area contributed by atoms with Gasteiger partial charge in [0, 0.05) is 24.4 Å². The number of carbonyl (C=O) groups is 1. The molecule has 5 heterocycles. The summed E-state index contributed by atoms with van der Waals surface area (Å²) >= 11 is 0. The first-order chi connectivity index (χ1) is 15.7. The van der Waals surface area contributed by atoms with E-state index in [0.29, 0.717) is 52.7 Å². The quantitative estimate of drug-likeness (QED) is 0.275. The van der Waals surface area contributed by atoms with Crippen molar-refractivity contribution in [3.63, 3.8) is 0 Å². The minimum atomic E-state index is -0.502. The zero-order valence-electron chi connectivity index (χ0n) is 17.0. The molecule has 5 aromatic heterocycles. The molecule has 0 saturated carbocycles. The van der Waals surface area contributed by atoms with Crippen molar-refractivity contribution in [3.05, 3.63) is 66.1 Å². The zero-order valence-corrected chi connectivity index (χ0v) is 17.0. The van der Waals surface area contributed by atoms with Crippen molar-refractivity contribution in [2.75, 3.05) is 6.61 Å². The van der Waals surface area contributed by atoms with E-state index in [1.165, 1.54) is 6.26 Å². The Kier molecular flexibility index (Phi) is 5.16. The third-order valence-electron chi connectivity index (χ3n) is 4.77. The average Bonchev–Trinajstić information content (AvgIpc) is 3.58. The van der Waals surface area contributed by atoms with Crippen molar-refractivity contribution in [3.8, 4) is 22.8 Å². The molecule has 0 spiro atoms. The predicted molar refractivity (Wildman–Crippen MR) is 110 cm³/mol. The van der Waals surface area contributed by atoms with Crippen LogP contribution in [-0.2, 0) is 11.2 Å². The van der Waals surface area contributed by atoms with Gasteiger partial charge in [-0.3, -0.25) is 4.98 Å². The Morgan fingerprint density at radius 2 is 2.06 bits per heavy atom. The van der Waals surface area contributed by atoms with Crippen LogP contribution in [0.3, 0.4) is 0 Å². The zero-order chi connectivity index (χ0) is 21.9. The highest BCUT2D eigenvalue weighted by molar-refractivity contribution is 6.04. The first-order valence-electron chi connectivity index (χ1n) is 9.90. The monoisotopic (exact) mass is 431 g/mol. The molecule has 0 atom stereocenters. The van der Waals surface area contributed by atoms with Crippen LogP contribution in [0.5, 0.6) is 0 Å². The van der Waals surface area contributed by atoms with Crippen LogP contribution in [0.2, 0.25) is 0 Å². The van der Waals surface area contributed by atoms with Crippen molar-refractivity contribution in [2.24, 2.45) is 0 Å². The number of hydrogen-bond donors (Lipinski definition) is 0. The Labute approximate surface area is 181 Å². The molecule has 0 aliphatic rings. The van der Waals surface area contributed by atoms with Crippen molar-refractivity contribution in [1.82, 2.24) is 25.3 Å². The van der Waals surface area contributed by atoms with Crippen LogP contribution in [-0.4, -0.2) is 37.8 Å². The van der Waals surface area contributed by atoms with E-state index in [2.05, 4.69) is 25.3 Å². The summed E-state index contributed by atoms with van der Waals surface area (Å²) in [7, 11) is 0. The number of pyridine rings is 2. The highest BCUT2D eigenvalue weighted by atomic mass is 16.5. The Bertz CT molecular complexity index is 1360. The van der Waals surface area contributed by atoms with E-state index < -0.39 is 5.97 Å². The van der Waals surface area contributed by atoms with E-state index in [1.54, 1.807) is 43.6 Å². The third-order valence-corrected chi connectivity index (χ3v) is 4.77. The van der Waals surface area contributed by atoms with E-state index in [1.807, 2.05) is 6.07 Å². The molecule has 0 fully saturated rings. The lowest BCUT2D eigenvalue weighted by molar-refractivity contribution is 0.0500. The molecule has 0 aliphatic carbocycles. The van der Waals surface area contributed by atoms with Gasteiger partial charge in [0.05, 0.1) is 29.5 Å². The van der Waals surface area contributed by atoms with Crippen molar-refractivity contribution in [2.45, 2.75) is 19.8 Å². The SMILES string of the molecule is Cc1noc2nc(-c3ccco3)cc(C(=O)OCCCc3nc(-c4cccnc4)no3)c12. The summed E-state index contributed by atoms with van der Waals surface area (Å²) in [6.45, 7) is 1.92. The lowest BCUT2D eigenvalue weighted by Gasteiger charge is -2.06. The molecule has 0 radical (unpaired) electrons. The van der Waals surface area contributed by atoms with E-state index in [4.69, 9.17) is 18.2 Å². The number of fused-ring (bicyclic) bond motifs is 1. The number of furan rings is 1. The number of aryl methyl sites for hydroxylation is 2. The molecule has 0 aromatic carbocycles. The molecule has 160 valence electrons. The maximum absolute atomic E-state index is 12.8. The summed E-state index contributed by atoms with van der Waals surface area (Å²) in [4.78, 5) is 25.6. The first kappa shape index (κ1) is 19.6. The molecule has 0 aliphatic heterocycles. The van der Waals surface area contributed by atoms with Gasteiger partial charge in [0.25, 0.3) is 5.71 Å². The number of ether oxygens (including phenoxy) is 1. The highest BCUT2D eigenvalue weighted by Gasteiger charge is 2.21. The van der Waals surface area contributed by atoms with E-state index in [0.717, 1.165) is 5.56 Å². The molecular formula is C22H17N5O5. The smallest absolute Gasteiger partial charge is 0.339 e. The van der Waals surface area contributed by atoms with Gasteiger partial charge in [-0.05, 0) is 43.7 Å². The topological polar surface area (TPSA) is 130 Å². The van der Waals surface area contributed by atoms with Crippen LogP contribution in [0.4, 0.5) is 0 Å². The van der Waals surface area contributed by atoms with Crippen LogP contribution < -0.4 is 0 Å². The Hall–Kier alpha value is -4.34. The number of esters is 1. The van der Waals surface area contributed by atoms with Crippen molar-refractivity contribution in [1.29, 1.82) is 0 Å². The highest BCUT2D eigenvalue weighted by Crippen LogP contribution is 2.27. The fourth-order valence-corrected chi connectivity index (χ4v) is 3.24. The number of rotatable bonds is 7. The number of carbonyl (C=O) groups excluding carboxylic acids is 1. The van der Waals surface area contributed by atoms with Crippen LogP contribution in [0.25, 0.3) is 33.9 Å². The van der Waals surface area contributed by atoms with Crippen LogP contribution in [0, 0.1) is 6.92 Å². The molecular weight excluding hydrogens is 414 g/mol. The molecule has 0 amide bonds. The summed E-state index contributed by atoms with van der Waals surface area (Å²) in [5.74, 6) is 0.938. The lowest BCUT2D eigenvalue weighted by Crippen LogP contribution is -2.09. The molecule has 32 heavy (non-hydrogen) atoms. The van der Waals surface area contributed by atoms with Gasteiger partial charge >= 0.3 is 5.97 Å². The second-order valence-corrected chi connectivity index (χ2v) is 6.97. The van der Waals surface area contributed by atoms with Gasteiger partial charge in [0.1, 0.15) is 5.69 Å². The minimum Gasteiger partial charge on any atom is -0.463 e. The molecule has 0 N–H and O–H groups in total. The Balaban J connectivity index is 1.26. The van der Waals surface area contributed by atoms with Crippen molar-refractivity contribution < 1.29 is 23.0 Å². The first-order valence-corrected chi connectivity index (χ1v) is 9.90. The van der Waals surface area contributed by atoms with E-state index in [9.17, 15) is 4.79 Å². The third kappa shape index (κ3) is 3.85. The van der Waals surface area contributed by atoms with Crippen LogP contribution in [0.15, 0.2) is 62.5 Å². The van der Waals surface area contributed by atoms with Gasteiger partial charge in [-0.15, -0.1) is 0 Å². The molecule has 10 nitrogen and oxygen atoms in total. The normalized spacial score (nSPS) is 11.2. The standard InChI is InChI=1S/C22H17N5O5/c1-13-19-15(11-16(17-6-3-9-29-17)24-21(19)32-26-13)22(28)30-10-4-7-18-25-20(27-31-18)14-5-2-8-23-12-14/h2-3,5-6,8-9,11-12H,4,7,10H2,1H3. The van der Waals surface area contributed by atoms with Gasteiger partial charge in [0.2, 0.25) is 11.7 Å². The second kappa shape index (κ2) is 8.42. The van der Waals surface area contributed by atoms with Gasteiger partial charge < -0.3 is 18.2 Å². The summed E-state index contributed by atoms with van der Waals surface area (Å²) in [5.41, 5.74) is 2.35. The summed E-state index contributed by atoms with van der Waals surface area (Å²) < 4.78 is 21.4. The average molecular weight is 431 g/mol. The number of aromatic nitrogens is 5. The van der Waals surface area contributed by atoms with Crippen LogP contribution in [0.1, 0.15) is 28.4 Å². The fraction of sp³-hybridized carbons (Fsp3) is 0.182. The molecule has 0 saturated heterocycles. The minimum absolute atomic E-state index is 0.174.